The van der Waals surface area contributed by atoms with Crippen LogP contribution in [0.25, 0.3) is 10.8 Å². The molecule has 0 saturated carbocycles. The Hall–Kier alpha value is -3.51. The summed E-state index contributed by atoms with van der Waals surface area (Å²) in [5.41, 5.74) is 5.29. The predicted molar refractivity (Wildman–Crippen MR) is 144 cm³/mol. The highest BCUT2D eigenvalue weighted by Crippen LogP contribution is 2.25. The zero-order valence-corrected chi connectivity index (χ0v) is 21.0. The van der Waals surface area contributed by atoms with Gasteiger partial charge in [-0.25, -0.2) is 8.78 Å². The quantitative estimate of drug-likeness (QED) is 0.197. The Morgan fingerprint density at radius 1 is 0.639 bits per heavy atom. The third kappa shape index (κ3) is 6.58. The average molecular weight is 482 g/mol. The van der Waals surface area contributed by atoms with E-state index in [0.29, 0.717) is 35.8 Å². The van der Waals surface area contributed by atoms with Crippen LogP contribution in [0.1, 0.15) is 66.0 Å². The molecule has 0 N–H and O–H groups in total. The molecule has 0 amide bonds. The van der Waals surface area contributed by atoms with Gasteiger partial charge in [0.05, 0.1) is 11.6 Å². The smallest absolute Gasteiger partial charge is 0.134 e. The number of nitriles is 1. The molecule has 0 fully saturated rings. The second-order valence-corrected chi connectivity index (χ2v) is 9.64. The van der Waals surface area contributed by atoms with Gasteiger partial charge in [-0.15, -0.1) is 0 Å². The molecule has 0 aromatic heterocycles. The molecule has 0 aliphatic rings. The van der Waals surface area contributed by atoms with Crippen molar-refractivity contribution in [3.8, 4) is 6.07 Å². The fraction of sp³-hybridized carbons (Fsp3) is 0.303. The van der Waals surface area contributed by atoms with Crippen LogP contribution in [0.4, 0.5) is 8.78 Å². The normalized spacial score (nSPS) is 11.1. The molecular formula is C33H33F2N. The SMILES string of the molecule is CCCCCCc1ccc(CCc2ccc3c(F)c(CCc4ccc(C#N)cc4)ccc3c2)c(F)c1. The summed E-state index contributed by atoms with van der Waals surface area (Å²) in [5, 5.41) is 10.4. The van der Waals surface area contributed by atoms with E-state index < -0.39 is 0 Å². The maximum absolute atomic E-state index is 15.2. The Balaban J connectivity index is 1.37. The molecule has 0 bridgehead atoms. The van der Waals surface area contributed by atoms with Crippen LogP contribution in [0, 0.1) is 23.0 Å². The lowest BCUT2D eigenvalue weighted by atomic mass is 9.96. The number of hydrogen-bond donors (Lipinski definition) is 0. The molecule has 4 aromatic carbocycles. The van der Waals surface area contributed by atoms with Crippen LogP contribution in [0.3, 0.4) is 0 Å². The van der Waals surface area contributed by atoms with Crippen molar-refractivity contribution >= 4 is 10.8 Å². The molecule has 36 heavy (non-hydrogen) atoms. The topological polar surface area (TPSA) is 23.8 Å². The zero-order valence-electron chi connectivity index (χ0n) is 21.0. The van der Waals surface area contributed by atoms with Crippen molar-refractivity contribution in [2.24, 2.45) is 0 Å². The van der Waals surface area contributed by atoms with Crippen molar-refractivity contribution in [1.82, 2.24) is 0 Å². The number of unbranched alkanes of at least 4 members (excludes halogenated alkanes) is 3. The largest absolute Gasteiger partial charge is 0.207 e. The first-order valence-corrected chi connectivity index (χ1v) is 13.0. The molecule has 184 valence electrons. The summed E-state index contributed by atoms with van der Waals surface area (Å²) in [6.07, 6.45) is 8.33. The maximum atomic E-state index is 15.2. The van der Waals surface area contributed by atoms with E-state index in [1.165, 1.54) is 19.3 Å². The fourth-order valence-corrected chi connectivity index (χ4v) is 4.74. The summed E-state index contributed by atoms with van der Waals surface area (Å²) in [6, 6.07) is 24.9. The van der Waals surface area contributed by atoms with E-state index in [1.807, 2.05) is 48.5 Å². The Kier molecular flexibility index (Phi) is 8.85. The minimum atomic E-state index is -0.173. The van der Waals surface area contributed by atoms with Gasteiger partial charge in [0.1, 0.15) is 11.6 Å². The van der Waals surface area contributed by atoms with Gasteiger partial charge in [0.25, 0.3) is 0 Å². The van der Waals surface area contributed by atoms with Gasteiger partial charge in [0.15, 0.2) is 0 Å². The molecule has 3 heteroatoms. The number of fused-ring (bicyclic) bond motifs is 1. The molecule has 0 spiro atoms. The lowest BCUT2D eigenvalue weighted by Gasteiger charge is -2.10. The van der Waals surface area contributed by atoms with Gasteiger partial charge in [0.2, 0.25) is 0 Å². The van der Waals surface area contributed by atoms with Crippen LogP contribution in [0.5, 0.6) is 0 Å². The first-order valence-electron chi connectivity index (χ1n) is 13.0. The number of halogens is 2. The second-order valence-electron chi connectivity index (χ2n) is 9.64. The number of benzene rings is 4. The molecule has 0 radical (unpaired) electrons. The number of rotatable bonds is 11. The first-order chi connectivity index (χ1) is 17.6. The van der Waals surface area contributed by atoms with Crippen LogP contribution < -0.4 is 0 Å². The second kappa shape index (κ2) is 12.5. The van der Waals surface area contributed by atoms with Crippen LogP contribution in [0.2, 0.25) is 0 Å². The summed E-state index contributed by atoms with van der Waals surface area (Å²) in [5.74, 6) is -0.296. The molecular weight excluding hydrogens is 448 g/mol. The van der Waals surface area contributed by atoms with Crippen LogP contribution in [0.15, 0.2) is 72.8 Å². The van der Waals surface area contributed by atoms with E-state index in [4.69, 9.17) is 5.26 Å². The molecule has 0 aliphatic carbocycles. The predicted octanol–water partition coefficient (Wildman–Crippen LogP) is 8.68. The van der Waals surface area contributed by atoms with Crippen molar-refractivity contribution in [3.63, 3.8) is 0 Å². The van der Waals surface area contributed by atoms with Gasteiger partial charge in [-0.05, 0) is 89.9 Å². The van der Waals surface area contributed by atoms with Gasteiger partial charge in [-0.2, -0.15) is 5.26 Å². The highest BCUT2D eigenvalue weighted by atomic mass is 19.1. The van der Waals surface area contributed by atoms with Crippen molar-refractivity contribution in [3.05, 3.63) is 118 Å². The molecule has 0 heterocycles. The van der Waals surface area contributed by atoms with E-state index in [9.17, 15) is 4.39 Å². The van der Waals surface area contributed by atoms with Gasteiger partial charge in [0, 0.05) is 5.39 Å². The van der Waals surface area contributed by atoms with Crippen molar-refractivity contribution in [1.29, 1.82) is 5.26 Å². The third-order valence-corrected chi connectivity index (χ3v) is 6.98. The summed E-state index contributed by atoms with van der Waals surface area (Å²) >= 11 is 0. The molecule has 1 nitrogen and oxygen atoms in total. The Morgan fingerprint density at radius 2 is 1.31 bits per heavy atom. The van der Waals surface area contributed by atoms with Gasteiger partial charge in [-0.3, -0.25) is 0 Å². The van der Waals surface area contributed by atoms with E-state index in [1.54, 1.807) is 18.2 Å². The highest BCUT2D eigenvalue weighted by Gasteiger charge is 2.10. The molecule has 4 aromatic rings. The average Bonchev–Trinajstić information content (AvgIpc) is 2.90. The minimum Gasteiger partial charge on any atom is -0.207 e. The van der Waals surface area contributed by atoms with E-state index in [-0.39, 0.29) is 11.6 Å². The van der Waals surface area contributed by atoms with Gasteiger partial charge in [-0.1, -0.05) is 80.8 Å². The summed E-state index contributed by atoms with van der Waals surface area (Å²) < 4.78 is 29.9. The lowest BCUT2D eigenvalue weighted by Crippen LogP contribution is -1.98. The fourth-order valence-electron chi connectivity index (χ4n) is 4.74. The monoisotopic (exact) mass is 481 g/mol. The van der Waals surface area contributed by atoms with Crippen LogP contribution >= 0.6 is 0 Å². The summed E-state index contributed by atoms with van der Waals surface area (Å²) in [6.45, 7) is 2.19. The van der Waals surface area contributed by atoms with E-state index in [2.05, 4.69) is 19.1 Å². The Bertz CT molecular complexity index is 1350. The summed E-state index contributed by atoms with van der Waals surface area (Å²) in [4.78, 5) is 0. The van der Waals surface area contributed by atoms with Crippen molar-refractivity contribution < 1.29 is 8.78 Å². The van der Waals surface area contributed by atoms with E-state index >= 15 is 4.39 Å². The van der Waals surface area contributed by atoms with Crippen LogP contribution in [-0.2, 0) is 32.1 Å². The highest BCUT2D eigenvalue weighted by molar-refractivity contribution is 5.84. The zero-order chi connectivity index (χ0) is 25.3. The third-order valence-electron chi connectivity index (χ3n) is 6.98. The van der Waals surface area contributed by atoms with E-state index in [0.717, 1.165) is 46.9 Å². The van der Waals surface area contributed by atoms with Crippen LogP contribution in [-0.4, -0.2) is 0 Å². The standard InChI is InChI=1S/C33H33F2N/c1-2-3-4-5-6-25-12-15-28(32(34)22-25)16-13-26-14-20-31-30(21-26)19-18-29(33(31)35)17-11-24-7-9-27(23-36)10-8-24/h7-10,12,14-15,18-22H,2-6,11,13,16-17H2,1H3. The molecule has 0 aliphatic heterocycles. The molecule has 4 rings (SSSR count). The minimum absolute atomic E-state index is 0.123. The molecule has 0 atom stereocenters. The first kappa shape index (κ1) is 25.6. The van der Waals surface area contributed by atoms with Gasteiger partial charge >= 0.3 is 0 Å². The maximum Gasteiger partial charge on any atom is 0.134 e. The number of hydrogen-bond acceptors (Lipinski definition) is 1. The Labute approximate surface area is 213 Å². The Morgan fingerprint density at radius 3 is 2.06 bits per heavy atom. The molecule has 0 saturated heterocycles. The number of aryl methyl sites for hydroxylation is 5. The summed E-state index contributed by atoms with van der Waals surface area (Å²) in [7, 11) is 0. The van der Waals surface area contributed by atoms with Crippen molar-refractivity contribution in [2.75, 3.05) is 0 Å². The lowest BCUT2D eigenvalue weighted by molar-refractivity contribution is 0.603. The van der Waals surface area contributed by atoms with Gasteiger partial charge < -0.3 is 0 Å². The van der Waals surface area contributed by atoms with Crippen molar-refractivity contribution in [2.45, 2.75) is 64.7 Å². The molecule has 0 unspecified atom stereocenters. The number of nitrogens with zero attached hydrogens (tertiary/aromatic N) is 1.